The summed E-state index contributed by atoms with van der Waals surface area (Å²) < 4.78 is 26.2. The molecule has 0 saturated carbocycles. The van der Waals surface area contributed by atoms with Crippen molar-refractivity contribution in [2.24, 2.45) is 0 Å². The Morgan fingerprint density at radius 3 is 2.32 bits per heavy atom. The molecule has 0 aromatic heterocycles. The molecule has 2 rings (SSSR count). The second-order valence-electron chi connectivity index (χ2n) is 8.72. The van der Waals surface area contributed by atoms with Gasteiger partial charge in [0.05, 0.1) is 17.0 Å². The maximum absolute atomic E-state index is 13.5. The van der Waals surface area contributed by atoms with Crippen LogP contribution in [0, 0.1) is 0 Å². The molecule has 2 aromatic rings. The molecule has 2 aromatic carbocycles. The molecule has 0 fully saturated rings. The Labute approximate surface area is 235 Å². The maximum Gasteiger partial charge on any atom is 0.242 e. The number of rotatable bonds is 14. The summed E-state index contributed by atoms with van der Waals surface area (Å²) in [6.07, 6.45) is 3.50. The lowest BCUT2D eigenvalue weighted by Crippen LogP contribution is -2.49. The minimum atomic E-state index is -3.69. The number of hydrogen-bond acceptors (Lipinski definition) is 4. The summed E-state index contributed by atoms with van der Waals surface area (Å²) in [4.78, 5) is 28.0. The Hall–Kier alpha value is -2.00. The number of hydrogen-bond donors (Lipinski definition) is 1. The van der Waals surface area contributed by atoms with Crippen LogP contribution in [0.5, 0.6) is 0 Å². The highest BCUT2D eigenvalue weighted by Gasteiger charge is 2.29. The van der Waals surface area contributed by atoms with Gasteiger partial charge in [0.25, 0.3) is 0 Å². The summed E-state index contributed by atoms with van der Waals surface area (Å²) in [6.45, 7) is 4.60. The van der Waals surface area contributed by atoms with Gasteiger partial charge >= 0.3 is 0 Å². The van der Waals surface area contributed by atoms with E-state index in [2.05, 4.69) is 5.32 Å². The molecular weight excluding hydrogens is 557 g/mol. The number of sulfonamides is 1. The van der Waals surface area contributed by atoms with Crippen LogP contribution in [-0.4, -0.2) is 50.5 Å². The Balaban J connectivity index is 2.24. The summed E-state index contributed by atoms with van der Waals surface area (Å²) in [6, 6.07) is 11.1. The fourth-order valence-corrected chi connectivity index (χ4v) is 5.50. The Kier molecular flexibility index (Phi) is 12.5. The molecule has 7 nitrogen and oxygen atoms in total. The standard InChI is InChI=1S/C26H34Cl3N3O4S/c1-4-6-15-30-26(34)23(5-2)31(18-19-10-7-8-11-21(19)28)25(33)12-9-16-32(37(3,35)36)24-17-20(27)13-14-22(24)29/h7-8,10-11,13-14,17,23H,4-6,9,12,15-16,18H2,1-3H3,(H,30,34)/t23-/m1/s1. The fraction of sp³-hybridized carbons (Fsp3) is 0.462. The minimum absolute atomic E-state index is 0.0179. The van der Waals surface area contributed by atoms with Crippen LogP contribution in [0.4, 0.5) is 5.69 Å². The van der Waals surface area contributed by atoms with Gasteiger partial charge in [-0.1, -0.05) is 73.3 Å². The van der Waals surface area contributed by atoms with Crippen molar-refractivity contribution in [1.29, 1.82) is 0 Å². The molecule has 0 spiro atoms. The van der Waals surface area contributed by atoms with E-state index < -0.39 is 16.1 Å². The van der Waals surface area contributed by atoms with Crippen molar-refractivity contribution in [3.8, 4) is 0 Å². The predicted molar refractivity (Wildman–Crippen MR) is 152 cm³/mol. The van der Waals surface area contributed by atoms with E-state index in [1.807, 2.05) is 26.0 Å². The van der Waals surface area contributed by atoms with Crippen LogP contribution in [0.25, 0.3) is 0 Å². The third-order valence-corrected chi connectivity index (χ3v) is 7.95. The van der Waals surface area contributed by atoms with E-state index in [1.54, 1.807) is 18.2 Å². The molecule has 2 amide bonds. The molecule has 37 heavy (non-hydrogen) atoms. The summed E-state index contributed by atoms with van der Waals surface area (Å²) in [5, 5.41) is 3.99. The lowest BCUT2D eigenvalue weighted by atomic mass is 10.1. The highest BCUT2D eigenvalue weighted by Crippen LogP contribution is 2.31. The van der Waals surface area contributed by atoms with Crippen molar-refractivity contribution < 1.29 is 18.0 Å². The lowest BCUT2D eigenvalue weighted by Gasteiger charge is -2.31. The molecule has 1 atom stereocenters. The first-order valence-electron chi connectivity index (χ1n) is 12.2. The van der Waals surface area contributed by atoms with Gasteiger partial charge in [0.15, 0.2) is 0 Å². The molecule has 0 heterocycles. The van der Waals surface area contributed by atoms with Crippen LogP contribution in [0.1, 0.15) is 51.5 Å². The van der Waals surface area contributed by atoms with Gasteiger partial charge in [0, 0.05) is 36.1 Å². The van der Waals surface area contributed by atoms with Gasteiger partial charge in [-0.05, 0) is 49.1 Å². The van der Waals surface area contributed by atoms with Crippen molar-refractivity contribution >= 4 is 62.3 Å². The van der Waals surface area contributed by atoms with Crippen LogP contribution < -0.4 is 9.62 Å². The number of benzene rings is 2. The van der Waals surface area contributed by atoms with Crippen LogP contribution in [0.15, 0.2) is 42.5 Å². The summed E-state index contributed by atoms with van der Waals surface area (Å²) in [5.74, 6) is -0.497. The molecule has 1 N–H and O–H groups in total. The van der Waals surface area contributed by atoms with E-state index >= 15 is 0 Å². The van der Waals surface area contributed by atoms with E-state index in [0.29, 0.717) is 23.0 Å². The van der Waals surface area contributed by atoms with Gasteiger partial charge in [0.1, 0.15) is 6.04 Å². The quantitative estimate of drug-likeness (QED) is 0.277. The highest BCUT2D eigenvalue weighted by atomic mass is 35.5. The van der Waals surface area contributed by atoms with Crippen LogP contribution in [0.2, 0.25) is 15.1 Å². The topological polar surface area (TPSA) is 86.8 Å². The normalized spacial score (nSPS) is 12.2. The molecule has 204 valence electrons. The zero-order valence-corrected chi connectivity index (χ0v) is 24.4. The number of anilines is 1. The maximum atomic E-state index is 13.5. The SMILES string of the molecule is CCCCNC(=O)[C@@H](CC)N(Cc1ccccc1Cl)C(=O)CCCN(c1cc(Cl)ccc1Cl)S(C)(=O)=O. The van der Waals surface area contributed by atoms with E-state index in [-0.39, 0.29) is 48.5 Å². The molecule has 0 radical (unpaired) electrons. The van der Waals surface area contributed by atoms with Crippen molar-refractivity contribution in [1.82, 2.24) is 10.2 Å². The van der Waals surface area contributed by atoms with E-state index in [1.165, 1.54) is 17.0 Å². The first kappa shape index (κ1) is 31.2. The first-order chi connectivity index (χ1) is 17.5. The number of carbonyl (C=O) groups excluding carboxylic acids is 2. The van der Waals surface area contributed by atoms with Crippen molar-refractivity contribution in [2.45, 2.75) is 58.5 Å². The number of carbonyl (C=O) groups is 2. The largest absolute Gasteiger partial charge is 0.354 e. The third-order valence-electron chi connectivity index (χ3n) is 5.84. The second-order valence-corrected chi connectivity index (χ2v) is 11.9. The highest BCUT2D eigenvalue weighted by molar-refractivity contribution is 7.92. The second kappa shape index (κ2) is 14.8. The Bertz CT molecular complexity index is 1180. The summed E-state index contributed by atoms with van der Waals surface area (Å²) in [7, 11) is -3.69. The van der Waals surface area contributed by atoms with Gasteiger partial charge in [-0.2, -0.15) is 0 Å². The van der Waals surface area contributed by atoms with Crippen LogP contribution in [-0.2, 0) is 26.2 Å². The van der Waals surface area contributed by atoms with Gasteiger partial charge < -0.3 is 10.2 Å². The minimum Gasteiger partial charge on any atom is -0.354 e. The van der Waals surface area contributed by atoms with Crippen molar-refractivity contribution in [3.63, 3.8) is 0 Å². The van der Waals surface area contributed by atoms with Gasteiger partial charge in [-0.25, -0.2) is 8.42 Å². The zero-order chi connectivity index (χ0) is 27.6. The number of nitrogens with zero attached hydrogens (tertiary/aromatic N) is 2. The Morgan fingerprint density at radius 2 is 1.70 bits per heavy atom. The average molecular weight is 591 g/mol. The first-order valence-corrected chi connectivity index (χ1v) is 15.2. The third kappa shape index (κ3) is 9.36. The van der Waals surface area contributed by atoms with E-state index in [4.69, 9.17) is 34.8 Å². The van der Waals surface area contributed by atoms with Crippen LogP contribution in [0.3, 0.4) is 0 Å². The molecule has 0 saturated heterocycles. The molecule has 0 aliphatic carbocycles. The number of amides is 2. The molecule has 11 heteroatoms. The molecule has 0 bridgehead atoms. The number of unbranched alkanes of at least 4 members (excludes halogenated alkanes) is 1. The van der Waals surface area contributed by atoms with E-state index in [0.717, 1.165) is 29.0 Å². The lowest BCUT2D eigenvalue weighted by molar-refractivity contribution is -0.141. The summed E-state index contributed by atoms with van der Waals surface area (Å²) in [5.41, 5.74) is 0.972. The predicted octanol–water partition coefficient (Wildman–Crippen LogP) is 5.92. The van der Waals surface area contributed by atoms with E-state index in [9.17, 15) is 18.0 Å². The van der Waals surface area contributed by atoms with Gasteiger partial charge in [-0.15, -0.1) is 0 Å². The monoisotopic (exact) mass is 589 g/mol. The molecule has 0 unspecified atom stereocenters. The van der Waals surface area contributed by atoms with Crippen LogP contribution >= 0.6 is 34.8 Å². The summed E-state index contributed by atoms with van der Waals surface area (Å²) >= 11 is 18.7. The van der Waals surface area contributed by atoms with Gasteiger partial charge in [0.2, 0.25) is 21.8 Å². The molecular formula is C26H34Cl3N3O4S. The van der Waals surface area contributed by atoms with Gasteiger partial charge in [-0.3, -0.25) is 13.9 Å². The number of nitrogens with one attached hydrogen (secondary N) is 1. The average Bonchev–Trinajstić information content (AvgIpc) is 2.84. The fourth-order valence-electron chi connectivity index (χ4n) is 3.90. The number of halogens is 3. The van der Waals surface area contributed by atoms with Crippen molar-refractivity contribution in [3.05, 3.63) is 63.1 Å². The zero-order valence-electron chi connectivity index (χ0n) is 21.3. The smallest absolute Gasteiger partial charge is 0.242 e. The van der Waals surface area contributed by atoms with Crippen molar-refractivity contribution in [2.75, 3.05) is 23.7 Å². The Morgan fingerprint density at radius 1 is 1.00 bits per heavy atom. The molecule has 0 aliphatic rings. The molecule has 0 aliphatic heterocycles.